The van der Waals surface area contributed by atoms with Crippen molar-refractivity contribution in [2.45, 2.75) is 20.8 Å². The fraction of sp³-hybridized carbons (Fsp3) is 0.400. The fourth-order valence-corrected chi connectivity index (χ4v) is 2.29. The summed E-state index contributed by atoms with van der Waals surface area (Å²) in [5.74, 6) is 0.479. The van der Waals surface area contributed by atoms with Gasteiger partial charge in [-0.1, -0.05) is 43.7 Å². The Morgan fingerprint density at radius 3 is 2.55 bits per heavy atom. The standard InChI is InChI=1S/C15H21N5OS/c1-4-19(5-2)10-13(21)18-20-14(16-17-15(20)22)12-8-6-11(3)7-9-12/h6-9H,4-5,10H2,1-3H3,(H,17,22)(H,18,21). The highest BCUT2D eigenvalue weighted by atomic mass is 32.1. The molecular weight excluding hydrogens is 298 g/mol. The smallest absolute Gasteiger partial charge is 0.253 e. The maximum atomic E-state index is 12.2. The molecule has 0 aliphatic rings. The normalized spacial score (nSPS) is 10.9. The molecule has 0 unspecified atom stereocenters. The summed E-state index contributed by atoms with van der Waals surface area (Å²) in [5.41, 5.74) is 4.86. The van der Waals surface area contributed by atoms with Crippen LogP contribution in [-0.2, 0) is 4.79 Å². The van der Waals surface area contributed by atoms with Crippen molar-refractivity contribution in [2.24, 2.45) is 0 Å². The first-order valence-corrected chi connectivity index (χ1v) is 7.72. The Morgan fingerprint density at radius 2 is 1.95 bits per heavy atom. The van der Waals surface area contributed by atoms with E-state index in [1.165, 1.54) is 4.68 Å². The summed E-state index contributed by atoms with van der Waals surface area (Å²) in [5, 5.41) is 6.93. The van der Waals surface area contributed by atoms with Crippen LogP contribution in [0.5, 0.6) is 0 Å². The largest absolute Gasteiger partial charge is 0.295 e. The Kier molecular flexibility index (Phi) is 5.46. The average Bonchev–Trinajstić information content (AvgIpc) is 2.87. The van der Waals surface area contributed by atoms with Gasteiger partial charge in [-0.25, -0.2) is 9.77 Å². The van der Waals surface area contributed by atoms with Crippen LogP contribution in [0.4, 0.5) is 0 Å². The number of hydrogen-bond acceptors (Lipinski definition) is 4. The van der Waals surface area contributed by atoms with Crippen LogP contribution in [-0.4, -0.2) is 45.3 Å². The number of hydrogen-bond donors (Lipinski definition) is 2. The molecule has 118 valence electrons. The van der Waals surface area contributed by atoms with Gasteiger partial charge in [0.2, 0.25) is 4.77 Å². The predicted molar refractivity (Wildman–Crippen MR) is 89.7 cm³/mol. The van der Waals surface area contributed by atoms with E-state index in [4.69, 9.17) is 12.2 Å². The number of aryl methyl sites for hydroxylation is 1. The molecule has 0 spiro atoms. The summed E-state index contributed by atoms with van der Waals surface area (Å²) < 4.78 is 1.88. The molecule has 0 saturated carbocycles. The molecule has 0 saturated heterocycles. The molecule has 2 N–H and O–H groups in total. The van der Waals surface area contributed by atoms with Gasteiger partial charge >= 0.3 is 0 Å². The zero-order valence-electron chi connectivity index (χ0n) is 13.1. The fourth-order valence-electron chi connectivity index (χ4n) is 2.11. The number of aromatic nitrogens is 3. The molecule has 7 heteroatoms. The van der Waals surface area contributed by atoms with Gasteiger partial charge in [0.1, 0.15) is 0 Å². The van der Waals surface area contributed by atoms with Crippen molar-refractivity contribution in [1.82, 2.24) is 19.8 Å². The first-order chi connectivity index (χ1) is 10.5. The zero-order chi connectivity index (χ0) is 16.1. The highest BCUT2D eigenvalue weighted by Gasteiger charge is 2.13. The third kappa shape index (κ3) is 3.80. The van der Waals surface area contributed by atoms with Gasteiger partial charge in [0.05, 0.1) is 6.54 Å². The van der Waals surface area contributed by atoms with E-state index in [0.29, 0.717) is 17.1 Å². The van der Waals surface area contributed by atoms with Crippen LogP contribution in [0, 0.1) is 11.7 Å². The molecule has 1 heterocycles. The minimum absolute atomic E-state index is 0.116. The van der Waals surface area contributed by atoms with Gasteiger partial charge in [0.25, 0.3) is 5.91 Å². The highest BCUT2D eigenvalue weighted by molar-refractivity contribution is 7.71. The van der Waals surface area contributed by atoms with Crippen LogP contribution in [0.3, 0.4) is 0 Å². The van der Waals surface area contributed by atoms with Crippen LogP contribution < -0.4 is 5.43 Å². The van der Waals surface area contributed by atoms with Crippen molar-refractivity contribution in [3.63, 3.8) is 0 Å². The molecule has 0 fully saturated rings. The number of H-pyrrole nitrogens is 1. The van der Waals surface area contributed by atoms with Gasteiger partial charge in [-0.2, -0.15) is 5.10 Å². The van der Waals surface area contributed by atoms with Gasteiger partial charge in [-0.3, -0.25) is 15.1 Å². The van der Waals surface area contributed by atoms with Crippen molar-refractivity contribution in [2.75, 3.05) is 25.1 Å². The summed E-state index contributed by atoms with van der Waals surface area (Å²) in [7, 11) is 0. The highest BCUT2D eigenvalue weighted by Crippen LogP contribution is 2.16. The molecule has 1 amide bonds. The second-order valence-corrected chi connectivity index (χ2v) is 5.44. The quantitative estimate of drug-likeness (QED) is 0.802. The Hall–Kier alpha value is -1.99. The van der Waals surface area contributed by atoms with Crippen molar-refractivity contribution < 1.29 is 4.79 Å². The Balaban J connectivity index is 2.21. The topological polar surface area (TPSA) is 66.0 Å². The van der Waals surface area contributed by atoms with Gasteiger partial charge in [-0.15, -0.1) is 0 Å². The number of benzene rings is 1. The van der Waals surface area contributed by atoms with E-state index >= 15 is 0 Å². The summed E-state index contributed by atoms with van der Waals surface area (Å²) in [6.45, 7) is 8.05. The Labute approximate surface area is 135 Å². The summed E-state index contributed by atoms with van der Waals surface area (Å²) >= 11 is 5.20. The molecule has 1 aromatic heterocycles. The second kappa shape index (κ2) is 7.33. The molecule has 2 aromatic rings. The molecule has 0 radical (unpaired) electrons. The number of carbonyl (C=O) groups is 1. The van der Waals surface area contributed by atoms with E-state index in [1.54, 1.807) is 0 Å². The molecule has 0 atom stereocenters. The number of amides is 1. The number of likely N-dealkylation sites (N-methyl/N-ethyl adjacent to an activating group) is 1. The summed E-state index contributed by atoms with van der Waals surface area (Å²) in [4.78, 5) is 14.2. The van der Waals surface area contributed by atoms with Crippen LogP contribution >= 0.6 is 12.2 Å². The second-order valence-electron chi connectivity index (χ2n) is 5.05. The first kappa shape index (κ1) is 16.4. The number of carbonyl (C=O) groups excluding carboxylic acids is 1. The molecule has 2 rings (SSSR count). The summed E-state index contributed by atoms with van der Waals surface area (Å²) in [6, 6.07) is 7.89. The maximum absolute atomic E-state index is 12.2. The average molecular weight is 319 g/mol. The third-order valence-electron chi connectivity index (χ3n) is 3.48. The lowest BCUT2D eigenvalue weighted by molar-refractivity contribution is -0.118. The first-order valence-electron chi connectivity index (χ1n) is 7.31. The molecule has 22 heavy (non-hydrogen) atoms. The van der Waals surface area contributed by atoms with E-state index in [2.05, 4.69) is 15.6 Å². The molecule has 0 bridgehead atoms. The van der Waals surface area contributed by atoms with E-state index in [1.807, 2.05) is 49.9 Å². The van der Waals surface area contributed by atoms with Crippen LogP contribution in [0.15, 0.2) is 24.3 Å². The molecule has 0 aliphatic carbocycles. The molecule has 1 aromatic carbocycles. The lowest BCUT2D eigenvalue weighted by Crippen LogP contribution is -2.36. The van der Waals surface area contributed by atoms with Crippen molar-refractivity contribution >= 4 is 18.1 Å². The van der Waals surface area contributed by atoms with Gasteiger partial charge in [-0.05, 0) is 32.2 Å². The van der Waals surface area contributed by atoms with Crippen molar-refractivity contribution in [1.29, 1.82) is 0 Å². The van der Waals surface area contributed by atoms with Crippen molar-refractivity contribution in [3.05, 3.63) is 34.6 Å². The van der Waals surface area contributed by atoms with E-state index in [-0.39, 0.29) is 5.91 Å². The van der Waals surface area contributed by atoms with Gasteiger partial charge in [0.15, 0.2) is 5.82 Å². The van der Waals surface area contributed by atoms with E-state index < -0.39 is 0 Å². The molecule has 6 nitrogen and oxygen atoms in total. The zero-order valence-corrected chi connectivity index (χ0v) is 13.9. The molecule has 0 aliphatic heterocycles. The minimum Gasteiger partial charge on any atom is -0.295 e. The number of aromatic amines is 1. The molecular formula is C15H21N5OS. The number of rotatable bonds is 6. The number of nitrogens with one attached hydrogen (secondary N) is 2. The lowest BCUT2D eigenvalue weighted by atomic mass is 10.1. The van der Waals surface area contributed by atoms with Gasteiger partial charge in [0, 0.05) is 5.56 Å². The lowest BCUT2D eigenvalue weighted by Gasteiger charge is -2.17. The Bertz CT molecular complexity index is 685. The van der Waals surface area contributed by atoms with Crippen LogP contribution in [0.2, 0.25) is 0 Å². The van der Waals surface area contributed by atoms with Crippen molar-refractivity contribution in [3.8, 4) is 11.4 Å². The SMILES string of the molecule is CCN(CC)CC(=O)Nn1c(-c2ccc(C)cc2)n[nH]c1=S. The number of nitrogens with zero attached hydrogens (tertiary/aromatic N) is 3. The Morgan fingerprint density at radius 1 is 1.32 bits per heavy atom. The third-order valence-corrected chi connectivity index (χ3v) is 3.75. The monoisotopic (exact) mass is 319 g/mol. The van der Waals surface area contributed by atoms with Gasteiger partial charge < -0.3 is 0 Å². The van der Waals surface area contributed by atoms with E-state index in [0.717, 1.165) is 24.2 Å². The minimum atomic E-state index is -0.116. The maximum Gasteiger partial charge on any atom is 0.253 e. The summed E-state index contributed by atoms with van der Waals surface area (Å²) in [6.07, 6.45) is 0. The predicted octanol–water partition coefficient (Wildman–Crippen LogP) is 2.33. The van der Waals surface area contributed by atoms with E-state index in [9.17, 15) is 4.79 Å². The van der Waals surface area contributed by atoms with Crippen LogP contribution in [0.25, 0.3) is 11.4 Å². The van der Waals surface area contributed by atoms with Crippen LogP contribution in [0.1, 0.15) is 19.4 Å².